The number of hydrogen-bond donors (Lipinski definition) is 0. The summed E-state index contributed by atoms with van der Waals surface area (Å²) < 4.78 is 7.35. The summed E-state index contributed by atoms with van der Waals surface area (Å²) >= 11 is 3.40. The number of thioether (sulfide) groups is 1. The van der Waals surface area contributed by atoms with Crippen molar-refractivity contribution in [3.8, 4) is 11.4 Å². The molecular formula is C17H21N5OS2. The second-order valence-corrected chi connectivity index (χ2v) is 7.34. The molecule has 25 heavy (non-hydrogen) atoms. The minimum Gasteiger partial charge on any atom is -0.383 e. The molecule has 0 aliphatic heterocycles. The number of rotatable bonds is 9. The van der Waals surface area contributed by atoms with Crippen molar-refractivity contribution < 1.29 is 4.74 Å². The first-order valence-electron chi connectivity index (χ1n) is 8.20. The van der Waals surface area contributed by atoms with Crippen molar-refractivity contribution in [3.63, 3.8) is 0 Å². The molecule has 0 bridgehead atoms. The highest BCUT2D eigenvalue weighted by atomic mass is 32.2. The topological polar surface area (TPSA) is 65.7 Å². The van der Waals surface area contributed by atoms with E-state index in [1.165, 1.54) is 5.01 Å². The van der Waals surface area contributed by atoms with Gasteiger partial charge in [0.1, 0.15) is 0 Å². The maximum Gasteiger partial charge on any atom is 0.191 e. The Morgan fingerprint density at radius 3 is 2.84 bits per heavy atom. The summed E-state index contributed by atoms with van der Waals surface area (Å²) in [7, 11) is 1.70. The number of aromatic nitrogens is 5. The molecule has 0 amide bonds. The lowest BCUT2D eigenvalue weighted by atomic mass is 10.2. The number of hydrogen-bond acceptors (Lipinski definition) is 7. The highest BCUT2D eigenvalue weighted by molar-refractivity contribution is 7.98. The quantitative estimate of drug-likeness (QED) is 0.532. The van der Waals surface area contributed by atoms with Gasteiger partial charge in [0.2, 0.25) is 0 Å². The molecule has 6 nitrogen and oxygen atoms in total. The van der Waals surface area contributed by atoms with Gasteiger partial charge in [-0.3, -0.25) is 9.55 Å². The molecule has 8 heteroatoms. The summed E-state index contributed by atoms with van der Waals surface area (Å²) in [6, 6.07) is 3.89. The zero-order valence-corrected chi connectivity index (χ0v) is 16.0. The van der Waals surface area contributed by atoms with Crippen molar-refractivity contribution in [2.75, 3.05) is 13.7 Å². The van der Waals surface area contributed by atoms with E-state index in [1.54, 1.807) is 42.6 Å². The van der Waals surface area contributed by atoms with Gasteiger partial charge in [0.05, 0.1) is 23.9 Å². The van der Waals surface area contributed by atoms with Gasteiger partial charge < -0.3 is 4.74 Å². The van der Waals surface area contributed by atoms with E-state index in [0.29, 0.717) is 13.2 Å². The predicted octanol–water partition coefficient (Wildman–Crippen LogP) is 3.69. The predicted molar refractivity (Wildman–Crippen MR) is 101 cm³/mol. The first-order valence-corrected chi connectivity index (χ1v) is 10.1. The van der Waals surface area contributed by atoms with Crippen LogP contribution in [0, 0.1) is 0 Å². The largest absolute Gasteiger partial charge is 0.383 e. The fourth-order valence-electron chi connectivity index (χ4n) is 2.38. The van der Waals surface area contributed by atoms with Crippen molar-refractivity contribution in [1.82, 2.24) is 24.7 Å². The number of aryl methyl sites for hydroxylation is 1. The van der Waals surface area contributed by atoms with Crippen LogP contribution in [0.15, 0.2) is 35.1 Å². The first-order chi connectivity index (χ1) is 12.3. The Labute approximate surface area is 155 Å². The Bertz CT molecular complexity index is 787. The Kier molecular flexibility index (Phi) is 6.55. The number of pyridine rings is 1. The molecule has 0 saturated heterocycles. The maximum absolute atomic E-state index is 5.25. The lowest BCUT2D eigenvalue weighted by Gasteiger charge is -2.09. The van der Waals surface area contributed by atoms with Gasteiger partial charge in [-0.15, -0.1) is 21.5 Å². The van der Waals surface area contributed by atoms with E-state index in [2.05, 4.69) is 37.0 Å². The van der Waals surface area contributed by atoms with Crippen LogP contribution in [-0.4, -0.2) is 38.4 Å². The molecule has 3 aromatic heterocycles. The van der Waals surface area contributed by atoms with Crippen LogP contribution in [0.1, 0.15) is 24.0 Å². The fourth-order valence-corrected chi connectivity index (χ4v) is 4.24. The van der Waals surface area contributed by atoms with E-state index in [0.717, 1.165) is 40.8 Å². The van der Waals surface area contributed by atoms with Crippen LogP contribution >= 0.6 is 23.1 Å². The molecule has 3 rings (SSSR count). The molecule has 0 atom stereocenters. The number of methoxy groups -OCH3 is 1. The second kappa shape index (κ2) is 9.07. The molecule has 0 aliphatic carbocycles. The molecule has 0 aromatic carbocycles. The molecule has 0 unspecified atom stereocenters. The van der Waals surface area contributed by atoms with Crippen LogP contribution in [0.2, 0.25) is 0 Å². The number of nitrogens with zero attached hydrogens (tertiary/aromatic N) is 5. The van der Waals surface area contributed by atoms with E-state index < -0.39 is 0 Å². The van der Waals surface area contributed by atoms with Gasteiger partial charge in [-0.2, -0.15) is 0 Å². The normalized spacial score (nSPS) is 11.1. The molecule has 3 aromatic rings. The van der Waals surface area contributed by atoms with Crippen LogP contribution in [0.25, 0.3) is 11.4 Å². The van der Waals surface area contributed by atoms with Crippen molar-refractivity contribution in [3.05, 3.63) is 40.6 Å². The Hall–Kier alpha value is -1.77. The van der Waals surface area contributed by atoms with Crippen LogP contribution < -0.4 is 0 Å². The average molecular weight is 376 g/mol. The average Bonchev–Trinajstić information content (AvgIpc) is 3.26. The lowest BCUT2D eigenvalue weighted by molar-refractivity contribution is 0.185. The Morgan fingerprint density at radius 2 is 2.08 bits per heavy atom. The van der Waals surface area contributed by atoms with Gasteiger partial charge in [-0.05, 0) is 25.0 Å². The molecule has 0 aliphatic rings. The summed E-state index contributed by atoms with van der Waals surface area (Å²) in [5, 5.41) is 13.0. The minimum atomic E-state index is 0.612. The summed E-state index contributed by atoms with van der Waals surface area (Å²) in [6.45, 7) is 3.50. The van der Waals surface area contributed by atoms with Gasteiger partial charge in [0, 0.05) is 36.2 Å². The van der Waals surface area contributed by atoms with E-state index in [-0.39, 0.29) is 0 Å². The zero-order valence-electron chi connectivity index (χ0n) is 14.4. The lowest BCUT2D eigenvalue weighted by Crippen LogP contribution is -2.07. The standard InChI is InChI=1S/C17H21N5OS2/c1-3-4-15-19-14(11-24-15)12-25-17-21-20-16(22(17)9-10-23-2)13-5-7-18-8-6-13/h5-8,11H,3-4,9-10,12H2,1-2H3. The van der Waals surface area contributed by atoms with Crippen LogP contribution in [0.3, 0.4) is 0 Å². The molecule has 0 N–H and O–H groups in total. The van der Waals surface area contributed by atoms with E-state index >= 15 is 0 Å². The maximum atomic E-state index is 5.25. The molecular weight excluding hydrogens is 354 g/mol. The summed E-state index contributed by atoms with van der Waals surface area (Å²) in [4.78, 5) is 8.75. The van der Waals surface area contributed by atoms with Gasteiger partial charge in [-0.1, -0.05) is 18.7 Å². The smallest absolute Gasteiger partial charge is 0.191 e. The van der Waals surface area contributed by atoms with Gasteiger partial charge in [-0.25, -0.2) is 4.98 Å². The first kappa shape index (κ1) is 18.0. The van der Waals surface area contributed by atoms with Gasteiger partial charge in [0.25, 0.3) is 0 Å². The third kappa shape index (κ3) is 4.65. The van der Waals surface area contributed by atoms with Gasteiger partial charge in [0.15, 0.2) is 11.0 Å². The van der Waals surface area contributed by atoms with Crippen molar-refractivity contribution >= 4 is 23.1 Å². The highest BCUT2D eigenvalue weighted by Crippen LogP contribution is 2.26. The molecule has 132 valence electrons. The van der Waals surface area contributed by atoms with Crippen LogP contribution in [0.4, 0.5) is 0 Å². The highest BCUT2D eigenvalue weighted by Gasteiger charge is 2.15. The second-order valence-electron chi connectivity index (χ2n) is 5.46. The third-order valence-electron chi connectivity index (χ3n) is 3.59. The van der Waals surface area contributed by atoms with E-state index in [1.807, 2.05) is 12.1 Å². The zero-order chi connectivity index (χ0) is 17.5. The molecule has 0 saturated carbocycles. The van der Waals surface area contributed by atoms with E-state index in [9.17, 15) is 0 Å². The molecule has 0 fully saturated rings. The Balaban J connectivity index is 1.76. The number of thiazole rings is 1. The van der Waals surface area contributed by atoms with Crippen molar-refractivity contribution in [2.45, 2.75) is 37.2 Å². The third-order valence-corrected chi connectivity index (χ3v) is 5.54. The molecule has 0 spiro atoms. The van der Waals surface area contributed by atoms with E-state index in [4.69, 9.17) is 4.74 Å². The van der Waals surface area contributed by atoms with Crippen molar-refractivity contribution in [1.29, 1.82) is 0 Å². The number of ether oxygens (including phenoxy) is 1. The Morgan fingerprint density at radius 1 is 1.24 bits per heavy atom. The summed E-state index contributed by atoms with van der Waals surface area (Å²) in [6.07, 6.45) is 5.70. The molecule has 0 radical (unpaired) electrons. The molecule has 3 heterocycles. The van der Waals surface area contributed by atoms with Crippen LogP contribution in [0.5, 0.6) is 0 Å². The van der Waals surface area contributed by atoms with Gasteiger partial charge >= 0.3 is 0 Å². The van der Waals surface area contributed by atoms with Crippen LogP contribution in [-0.2, 0) is 23.5 Å². The summed E-state index contributed by atoms with van der Waals surface area (Å²) in [5.74, 6) is 1.63. The van der Waals surface area contributed by atoms with Crippen molar-refractivity contribution in [2.24, 2.45) is 0 Å². The fraction of sp³-hybridized carbons (Fsp3) is 0.412. The SMILES string of the molecule is CCCc1nc(CSc2nnc(-c3ccncc3)n2CCOC)cs1. The minimum absolute atomic E-state index is 0.612. The summed E-state index contributed by atoms with van der Waals surface area (Å²) in [5.41, 5.74) is 2.11. The monoisotopic (exact) mass is 375 g/mol.